The first-order valence-corrected chi connectivity index (χ1v) is 7.25. The lowest BCUT2D eigenvalue weighted by Crippen LogP contribution is -2.21. The van der Waals surface area contributed by atoms with Crippen LogP contribution in [-0.2, 0) is 0 Å². The lowest BCUT2D eigenvalue weighted by Gasteiger charge is -2.11. The highest BCUT2D eigenvalue weighted by molar-refractivity contribution is 6.03. The molecule has 2 amide bonds. The Morgan fingerprint density at radius 1 is 1.13 bits per heavy atom. The Hall–Kier alpha value is -2.53. The number of anilines is 2. The van der Waals surface area contributed by atoms with Crippen LogP contribution in [0.4, 0.5) is 16.2 Å². The molecule has 0 saturated heterocycles. The van der Waals surface area contributed by atoms with Crippen LogP contribution in [0.1, 0.15) is 11.1 Å². The van der Waals surface area contributed by atoms with Gasteiger partial charge in [-0.1, -0.05) is 30.3 Å². The number of aryl methyl sites for hydroxylation is 1. The fourth-order valence-corrected chi connectivity index (χ4v) is 2.33. The molecule has 5 nitrogen and oxygen atoms in total. The van der Waals surface area contributed by atoms with E-state index in [0.717, 1.165) is 41.4 Å². The summed E-state index contributed by atoms with van der Waals surface area (Å²) in [5.41, 5.74) is 3.54. The van der Waals surface area contributed by atoms with Crippen molar-refractivity contribution in [3.8, 4) is 0 Å². The summed E-state index contributed by atoms with van der Waals surface area (Å²) in [4.78, 5) is 16.5. The number of hydrogen-bond acceptors (Lipinski definition) is 3. The fourth-order valence-electron chi connectivity index (χ4n) is 2.33. The number of nitrogens with zero attached hydrogens (tertiary/aromatic N) is 1. The lowest BCUT2D eigenvalue weighted by molar-refractivity contribution is 0.262. The van der Waals surface area contributed by atoms with Crippen molar-refractivity contribution in [1.29, 1.82) is 0 Å². The van der Waals surface area contributed by atoms with Gasteiger partial charge in [-0.05, 0) is 30.7 Å². The Morgan fingerprint density at radius 3 is 2.70 bits per heavy atom. The van der Waals surface area contributed by atoms with E-state index in [4.69, 9.17) is 0 Å². The van der Waals surface area contributed by atoms with E-state index in [1.165, 1.54) is 0 Å². The van der Waals surface area contributed by atoms with E-state index in [-0.39, 0.29) is 18.4 Å². The zero-order valence-electron chi connectivity index (χ0n) is 12.8. The van der Waals surface area contributed by atoms with Crippen molar-refractivity contribution in [3.63, 3.8) is 0 Å². The van der Waals surface area contributed by atoms with Crippen molar-refractivity contribution in [2.75, 3.05) is 23.7 Å². The van der Waals surface area contributed by atoms with Crippen LogP contribution in [0.3, 0.4) is 0 Å². The first-order valence-electron chi connectivity index (χ1n) is 7.25. The standard InChI is InChI=1S/C17H18N4O.ClH/c1-12-5-2-3-8-15(12)21-17(22)20-14-7-4-6-13(11-14)16-18-9-10-19-16;/h2-8,11H,9-10H2,1H3,(H,18,19)(H2,20,21,22);1H. The van der Waals surface area contributed by atoms with Gasteiger partial charge in [0.2, 0.25) is 0 Å². The summed E-state index contributed by atoms with van der Waals surface area (Å²) in [6.07, 6.45) is 0. The summed E-state index contributed by atoms with van der Waals surface area (Å²) in [7, 11) is 0. The van der Waals surface area contributed by atoms with E-state index in [1.54, 1.807) is 0 Å². The maximum Gasteiger partial charge on any atom is 0.323 e. The van der Waals surface area contributed by atoms with Crippen LogP contribution in [0, 0.1) is 6.92 Å². The highest BCUT2D eigenvalue weighted by atomic mass is 35.5. The minimum absolute atomic E-state index is 0. The van der Waals surface area contributed by atoms with Crippen molar-refractivity contribution >= 4 is 35.6 Å². The van der Waals surface area contributed by atoms with Gasteiger partial charge in [0.05, 0.1) is 6.54 Å². The molecule has 120 valence electrons. The van der Waals surface area contributed by atoms with Gasteiger partial charge in [-0.15, -0.1) is 12.4 Å². The number of rotatable bonds is 3. The Bertz CT molecular complexity index is 730. The SMILES string of the molecule is Cc1ccccc1NC(=O)Nc1cccc(C2=NCCN2)c1.Cl. The molecule has 1 aliphatic heterocycles. The van der Waals surface area contributed by atoms with Crippen molar-refractivity contribution in [2.24, 2.45) is 4.99 Å². The molecule has 0 spiro atoms. The van der Waals surface area contributed by atoms with Crippen molar-refractivity contribution < 1.29 is 4.79 Å². The van der Waals surface area contributed by atoms with Gasteiger partial charge in [-0.25, -0.2) is 4.79 Å². The number of amides is 2. The number of para-hydroxylation sites is 1. The van der Waals surface area contributed by atoms with E-state index >= 15 is 0 Å². The topological polar surface area (TPSA) is 65.5 Å². The third kappa shape index (κ3) is 4.23. The molecule has 0 unspecified atom stereocenters. The average Bonchev–Trinajstić information content (AvgIpc) is 3.04. The first kappa shape index (κ1) is 16.8. The number of aliphatic imine (C=N–C) groups is 1. The molecule has 3 rings (SSSR count). The van der Waals surface area contributed by atoms with Gasteiger partial charge in [0.15, 0.2) is 0 Å². The molecule has 2 aromatic carbocycles. The van der Waals surface area contributed by atoms with Crippen LogP contribution < -0.4 is 16.0 Å². The molecular formula is C17H19ClN4O. The van der Waals surface area contributed by atoms with Crippen molar-refractivity contribution in [2.45, 2.75) is 6.92 Å². The summed E-state index contributed by atoms with van der Waals surface area (Å²) in [5, 5.41) is 8.92. The molecule has 0 atom stereocenters. The van der Waals surface area contributed by atoms with Gasteiger partial charge in [-0.2, -0.15) is 0 Å². The average molecular weight is 331 g/mol. The molecule has 6 heteroatoms. The van der Waals surface area contributed by atoms with Gasteiger partial charge in [0.25, 0.3) is 0 Å². The Morgan fingerprint density at radius 2 is 1.96 bits per heavy atom. The van der Waals surface area contributed by atoms with Crippen LogP contribution in [0.5, 0.6) is 0 Å². The number of nitrogens with one attached hydrogen (secondary N) is 3. The first-order chi connectivity index (χ1) is 10.7. The van der Waals surface area contributed by atoms with Crippen LogP contribution in [0.15, 0.2) is 53.5 Å². The molecule has 0 fully saturated rings. The molecule has 0 aliphatic carbocycles. The van der Waals surface area contributed by atoms with Crippen LogP contribution in [0.2, 0.25) is 0 Å². The third-order valence-electron chi connectivity index (χ3n) is 3.46. The molecule has 0 aromatic heterocycles. The highest BCUT2D eigenvalue weighted by Gasteiger charge is 2.09. The molecule has 1 aliphatic rings. The largest absolute Gasteiger partial charge is 0.368 e. The number of benzene rings is 2. The predicted octanol–water partition coefficient (Wildman–Crippen LogP) is 3.41. The summed E-state index contributed by atoms with van der Waals surface area (Å²) in [6.45, 7) is 3.61. The second kappa shape index (κ2) is 7.65. The van der Waals surface area contributed by atoms with Crippen LogP contribution >= 0.6 is 12.4 Å². The molecular weight excluding hydrogens is 312 g/mol. The summed E-state index contributed by atoms with van der Waals surface area (Å²) in [5.74, 6) is 0.878. The maximum absolute atomic E-state index is 12.1. The Balaban J connectivity index is 0.00000192. The molecule has 3 N–H and O–H groups in total. The van der Waals surface area contributed by atoms with Gasteiger partial charge in [-0.3, -0.25) is 4.99 Å². The number of urea groups is 1. The second-order valence-corrected chi connectivity index (χ2v) is 5.13. The van der Waals surface area contributed by atoms with Gasteiger partial charge >= 0.3 is 6.03 Å². The minimum atomic E-state index is -0.257. The molecule has 0 bridgehead atoms. The zero-order chi connectivity index (χ0) is 15.4. The minimum Gasteiger partial charge on any atom is -0.368 e. The quantitative estimate of drug-likeness (QED) is 0.807. The molecule has 0 radical (unpaired) electrons. The Labute approximate surface area is 141 Å². The summed E-state index contributed by atoms with van der Waals surface area (Å²) in [6, 6.07) is 15.1. The number of halogens is 1. The summed E-state index contributed by atoms with van der Waals surface area (Å²) < 4.78 is 0. The number of carbonyl (C=O) groups is 1. The molecule has 1 heterocycles. The van der Waals surface area contributed by atoms with Gasteiger partial charge in [0, 0.05) is 23.5 Å². The van der Waals surface area contributed by atoms with E-state index in [2.05, 4.69) is 20.9 Å². The van der Waals surface area contributed by atoms with Gasteiger partial charge in [0.1, 0.15) is 5.84 Å². The zero-order valence-corrected chi connectivity index (χ0v) is 13.6. The van der Waals surface area contributed by atoms with Gasteiger partial charge < -0.3 is 16.0 Å². The number of hydrogen-bond donors (Lipinski definition) is 3. The molecule has 2 aromatic rings. The van der Waals surface area contributed by atoms with Crippen LogP contribution in [-0.4, -0.2) is 25.0 Å². The lowest BCUT2D eigenvalue weighted by atomic mass is 10.2. The normalized spacial score (nSPS) is 12.7. The second-order valence-electron chi connectivity index (χ2n) is 5.13. The fraction of sp³-hybridized carbons (Fsp3) is 0.176. The van der Waals surface area contributed by atoms with E-state index in [0.29, 0.717) is 0 Å². The van der Waals surface area contributed by atoms with E-state index in [1.807, 2.05) is 55.5 Å². The number of carbonyl (C=O) groups excluding carboxylic acids is 1. The molecule has 23 heavy (non-hydrogen) atoms. The van der Waals surface area contributed by atoms with Crippen molar-refractivity contribution in [1.82, 2.24) is 5.32 Å². The van der Waals surface area contributed by atoms with Crippen molar-refractivity contribution in [3.05, 3.63) is 59.7 Å². The monoisotopic (exact) mass is 330 g/mol. The third-order valence-corrected chi connectivity index (χ3v) is 3.46. The Kier molecular flexibility index (Phi) is 5.60. The summed E-state index contributed by atoms with van der Waals surface area (Å²) >= 11 is 0. The number of amidine groups is 1. The molecule has 0 saturated carbocycles. The van der Waals surface area contributed by atoms with E-state index in [9.17, 15) is 4.79 Å². The predicted molar refractivity (Wildman–Crippen MR) is 96.9 cm³/mol. The maximum atomic E-state index is 12.1. The van der Waals surface area contributed by atoms with E-state index < -0.39 is 0 Å². The smallest absolute Gasteiger partial charge is 0.323 e. The highest BCUT2D eigenvalue weighted by Crippen LogP contribution is 2.15. The van der Waals surface area contributed by atoms with Crippen LogP contribution in [0.25, 0.3) is 0 Å².